The van der Waals surface area contributed by atoms with E-state index in [1.165, 1.54) is 0 Å². The zero-order valence-corrected chi connectivity index (χ0v) is 9.07. The summed E-state index contributed by atoms with van der Waals surface area (Å²) in [5.74, 6) is 0. The first-order chi connectivity index (χ1) is 7.70. The van der Waals surface area contributed by atoms with E-state index in [2.05, 4.69) is 5.32 Å². The zero-order valence-electron chi connectivity index (χ0n) is 9.07. The number of rotatable bonds is 4. The van der Waals surface area contributed by atoms with Gasteiger partial charge in [0.1, 0.15) is 5.58 Å². The predicted molar refractivity (Wildman–Crippen MR) is 63.3 cm³/mol. The van der Waals surface area contributed by atoms with Crippen molar-refractivity contribution in [3.63, 3.8) is 0 Å². The molecular weight excluding hydrogens is 204 g/mol. The van der Waals surface area contributed by atoms with Gasteiger partial charge in [0.15, 0.2) is 0 Å². The van der Waals surface area contributed by atoms with Gasteiger partial charge in [0.25, 0.3) is 0 Å². The van der Waals surface area contributed by atoms with Crippen LogP contribution in [0.5, 0.6) is 0 Å². The van der Waals surface area contributed by atoms with Crippen LogP contribution in [-0.4, -0.2) is 12.5 Å². The summed E-state index contributed by atoms with van der Waals surface area (Å²) in [6.07, 6.45) is 3.02. The van der Waals surface area contributed by atoms with Crippen LogP contribution in [0, 0.1) is 0 Å². The number of carbonyl (C=O) groups is 1. The number of amides is 1. The molecule has 0 saturated carbocycles. The van der Waals surface area contributed by atoms with Crippen molar-refractivity contribution in [2.75, 3.05) is 5.32 Å². The lowest BCUT2D eigenvalue weighted by atomic mass is 10.0. The van der Waals surface area contributed by atoms with Crippen molar-refractivity contribution in [1.29, 1.82) is 0 Å². The summed E-state index contributed by atoms with van der Waals surface area (Å²) in [4.78, 5) is 10.4. The van der Waals surface area contributed by atoms with Crippen LogP contribution in [0.4, 0.5) is 5.69 Å². The summed E-state index contributed by atoms with van der Waals surface area (Å²) in [5, 5.41) is 3.61. The second-order valence-corrected chi connectivity index (χ2v) is 3.92. The predicted octanol–water partition coefficient (Wildman–Crippen LogP) is 1.89. The van der Waals surface area contributed by atoms with Gasteiger partial charge in [-0.15, -0.1) is 0 Å². The van der Waals surface area contributed by atoms with Gasteiger partial charge < -0.3 is 15.5 Å². The van der Waals surface area contributed by atoms with E-state index >= 15 is 0 Å². The van der Waals surface area contributed by atoms with Crippen molar-refractivity contribution < 1.29 is 9.21 Å². The van der Waals surface area contributed by atoms with Crippen LogP contribution in [0.2, 0.25) is 0 Å². The molecule has 0 bridgehead atoms. The fourth-order valence-corrected chi connectivity index (χ4v) is 1.81. The van der Waals surface area contributed by atoms with Crippen molar-refractivity contribution in [2.24, 2.45) is 5.73 Å². The summed E-state index contributed by atoms with van der Waals surface area (Å²) in [7, 11) is 0. The van der Waals surface area contributed by atoms with Crippen molar-refractivity contribution in [2.45, 2.75) is 19.4 Å². The normalized spacial score (nSPS) is 12.6. The lowest BCUT2D eigenvalue weighted by Gasteiger charge is -2.08. The van der Waals surface area contributed by atoms with Crippen LogP contribution in [-0.2, 0) is 11.2 Å². The minimum absolute atomic E-state index is 0.0554. The molecule has 16 heavy (non-hydrogen) atoms. The monoisotopic (exact) mass is 218 g/mol. The zero-order chi connectivity index (χ0) is 11.5. The standard InChI is InChI=1S/C12H14N2O2/c1-8(13)4-10-6-11(14-7-15)5-9-2-3-16-12(9)10/h2-3,5-8H,4,13H2,1H3,(H,14,15). The van der Waals surface area contributed by atoms with Gasteiger partial charge in [0.2, 0.25) is 6.41 Å². The first-order valence-electron chi connectivity index (χ1n) is 5.16. The van der Waals surface area contributed by atoms with Gasteiger partial charge >= 0.3 is 0 Å². The number of nitrogens with two attached hydrogens (primary N) is 1. The first kappa shape index (κ1) is 10.7. The molecule has 3 N–H and O–H groups in total. The minimum Gasteiger partial charge on any atom is -0.464 e. The molecule has 1 aromatic heterocycles. The average Bonchev–Trinajstić information content (AvgIpc) is 2.65. The van der Waals surface area contributed by atoms with E-state index in [0.717, 1.165) is 28.6 Å². The number of anilines is 1. The molecule has 1 unspecified atom stereocenters. The molecule has 0 aliphatic carbocycles. The van der Waals surface area contributed by atoms with Gasteiger partial charge in [-0.2, -0.15) is 0 Å². The Labute approximate surface area is 93.4 Å². The SMILES string of the molecule is CC(N)Cc1cc(NC=O)cc2ccoc12. The smallest absolute Gasteiger partial charge is 0.211 e. The topological polar surface area (TPSA) is 68.3 Å². The van der Waals surface area contributed by atoms with Crippen molar-refractivity contribution in [3.8, 4) is 0 Å². The number of furan rings is 1. The summed E-state index contributed by atoms with van der Waals surface area (Å²) >= 11 is 0. The molecule has 0 aliphatic rings. The van der Waals surface area contributed by atoms with E-state index in [-0.39, 0.29) is 6.04 Å². The van der Waals surface area contributed by atoms with Crippen molar-refractivity contribution >= 4 is 23.1 Å². The maximum absolute atomic E-state index is 10.4. The van der Waals surface area contributed by atoms with E-state index in [9.17, 15) is 4.79 Å². The molecule has 1 heterocycles. The Morgan fingerprint density at radius 2 is 2.38 bits per heavy atom. The van der Waals surface area contributed by atoms with E-state index in [0.29, 0.717) is 6.41 Å². The Morgan fingerprint density at radius 1 is 1.56 bits per heavy atom. The summed E-state index contributed by atoms with van der Waals surface area (Å²) < 4.78 is 5.41. The quantitative estimate of drug-likeness (QED) is 0.770. The van der Waals surface area contributed by atoms with Gasteiger partial charge in [0.05, 0.1) is 6.26 Å². The van der Waals surface area contributed by atoms with Crippen LogP contribution in [0.3, 0.4) is 0 Å². The minimum atomic E-state index is 0.0554. The first-order valence-corrected chi connectivity index (χ1v) is 5.16. The lowest BCUT2D eigenvalue weighted by molar-refractivity contribution is -0.105. The maximum Gasteiger partial charge on any atom is 0.211 e. The molecule has 4 nitrogen and oxygen atoms in total. The van der Waals surface area contributed by atoms with Crippen LogP contribution in [0.1, 0.15) is 12.5 Å². The molecule has 2 aromatic rings. The molecule has 4 heteroatoms. The van der Waals surface area contributed by atoms with Gasteiger partial charge in [-0.3, -0.25) is 4.79 Å². The molecule has 84 valence electrons. The third-order valence-electron chi connectivity index (χ3n) is 2.40. The molecular formula is C12H14N2O2. The van der Waals surface area contributed by atoms with E-state index in [1.807, 2.05) is 25.1 Å². The van der Waals surface area contributed by atoms with Gasteiger partial charge in [-0.1, -0.05) is 0 Å². The summed E-state index contributed by atoms with van der Waals surface area (Å²) in [6, 6.07) is 5.69. The highest BCUT2D eigenvalue weighted by atomic mass is 16.3. The number of benzene rings is 1. The highest BCUT2D eigenvalue weighted by molar-refractivity contribution is 5.87. The second-order valence-electron chi connectivity index (χ2n) is 3.92. The molecule has 1 atom stereocenters. The Bertz CT molecular complexity index is 503. The van der Waals surface area contributed by atoms with Gasteiger partial charge in [0, 0.05) is 17.1 Å². The van der Waals surface area contributed by atoms with Crippen LogP contribution in [0.25, 0.3) is 11.0 Å². The molecule has 1 amide bonds. The molecule has 0 fully saturated rings. The number of carbonyl (C=O) groups excluding carboxylic acids is 1. The molecule has 0 radical (unpaired) electrons. The van der Waals surface area contributed by atoms with Gasteiger partial charge in [-0.25, -0.2) is 0 Å². The van der Waals surface area contributed by atoms with Crippen molar-refractivity contribution in [1.82, 2.24) is 0 Å². The van der Waals surface area contributed by atoms with Crippen LogP contribution >= 0.6 is 0 Å². The van der Waals surface area contributed by atoms with Gasteiger partial charge in [-0.05, 0) is 37.1 Å². The van der Waals surface area contributed by atoms with E-state index < -0.39 is 0 Å². The molecule has 0 spiro atoms. The van der Waals surface area contributed by atoms with Crippen LogP contribution < -0.4 is 11.1 Å². The fourth-order valence-electron chi connectivity index (χ4n) is 1.81. The van der Waals surface area contributed by atoms with Crippen LogP contribution in [0.15, 0.2) is 28.9 Å². The molecule has 0 aliphatic heterocycles. The third kappa shape index (κ3) is 2.06. The van der Waals surface area contributed by atoms with E-state index in [4.69, 9.17) is 10.2 Å². The largest absolute Gasteiger partial charge is 0.464 e. The second kappa shape index (κ2) is 4.37. The molecule has 0 saturated heterocycles. The Hall–Kier alpha value is -1.81. The highest BCUT2D eigenvalue weighted by Gasteiger charge is 2.08. The number of hydrogen-bond donors (Lipinski definition) is 2. The number of hydrogen-bond acceptors (Lipinski definition) is 3. The van der Waals surface area contributed by atoms with E-state index in [1.54, 1.807) is 6.26 Å². The van der Waals surface area contributed by atoms with Crippen molar-refractivity contribution in [3.05, 3.63) is 30.0 Å². The lowest BCUT2D eigenvalue weighted by Crippen LogP contribution is -2.17. The Morgan fingerprint density at radius 3 is 3.06 bits per heavy atom. The summed E-state index contributed by atoms with van der Waals surface area (Å²) in [5.41, 5.74) is 8.40. The third-order valence-corrected chi connectivity index (χ3v) is 2.40. The Balaban J connectivity index is 2.49. The summed E-state index contributed by atoms with van der Waals surface area (Å²) in [6.45, 7) is 1.94. The number of fused-ring (bicyclic) bond motifs is 1. The average molecular weight is 218 g/mol. The molecule has 2 rings (SSSR count). The maximum atomic E-state index is 10.4. The number of nitrogens with one attached hydrogen (secondary N) is 1. The fraction of sp³-hybridized carbons (Fsp3) is 0.250. The molecule has 1 aromatic carbocycles. The Kier molecular flexibility index (Phi) is 2.92. The highest BCUT2D eigenvalue weighted by Crippen LogP contribution is 2.25.